The van der Waals surface area contributed by atoms with Crippen LogP contribution in [0.5, 0.6) is 0 Å². The molecule has 0 saturated heterocycles. The summed E-state index contributed by atoms with van der Waals surface area (Å²) in [7, 11) is 5.43. The van der Waals surface area contributed by atoms with Crippen LogP contribution >= 0.6 is 35.3 Å². The average Bonchev–Trinajstić information content (AvgIpc) is 3.31. The van der Waals surface area contributed by atoms with Crippen LogP contribution in [-0.2, 0) is 17.7 Å². The van der Waals surface area contributed by atoms with Crippen LogP contribution in [0.3, 0.4) is 0 Å². The van der Waals surface area contributed by atoms with E-state index in [-0.39, 0.29) is 35.9 Å². The van der Waals surface area contributed by atoms with Gasteiger partial charge in [0.15, 0.2) is 5.96 Å². The third kappa shape index (κ3) is 5.89. The van der Waals surface area contributed by atoms with Gasteiger partial charge in [-0.15, -0.1) is 35.3 Å². The molecule has 0 bridgehead atoms. The number of rotatable bonds is 7. The maximum atomic E-state index is 13.5. The molecule has 29 heavy (non-hydrogen) atoms. The number of benzene rings is 1. The number of thiazole rings is 1. The fourth-order valence-electron chi connectivity index (χ4n) is 3.05. The van der Waals surface area contributed by atoms with Gasteiger partial charge in [-0.2, -0.15) is 0 Å². The number of hydrogen-bond donors (Lipinski definition) is 2. The molecule has 3 aromatic rings. The minimum absolute atomic E-state index is 0. The van der Waals surface area contributed by atoms with Gasteiger partial charge in [0.2, 0.25) is 0 Å². The van der Waals surface area contributed by atoms with Gasteiger partial charge in [0.05, 0.1) is 12.2 Å². The monoisotopic (exact) mass is 531 g/mol. The second-order valence-electron chi connectivity index (χ2n) is 6.64. The maximum absolute atomic E-state index is 13.5. The normalized spacial score (nSPS) is 12.7. The highest BCUT2D eigenvalue weighted by molar-refractivity contribution is 14.0. The van der Waals surface area contributed by atoms with Crippen molar-refractivity contribution in [2.24, 2.45) is 4.99 Å². The van der Waals surface area contributed by atoms with Gasteiger partial charge in [0.1, 0.15) is 16.9 Å². The van der Waals surface area contributed by atoms with Gasteiger partial charge in [-0.3, -0.25) is 4.99 Å². The number of fused-ring (bicyclic) bond motifs is 1. The highest BCUT2D eigenvalue weighted by Gasteiger charge is 2.13. The molecular weight excluding hydrogens is 504 g/mol. The third-order valence-corrected chi connectivity index (χ3v) is 5.70. The van der Waals surface area contributed by atoms with Crippen LogP contribution < -0.4 is 5.32 Å². The van der Waals surface area contributed by atoms with Gasteiger partial charge in [-0.1, -0.05) is 0 Å². The minimum Gasteiger partial charge on any atom is -0.375 e. The molecular formula is C20H27FIN5OS. The first-order valence-corrected chi connectivity index (χ1v) is 10.0. The van der Waals surface area contributed by atoms with Crippen molar-refractivity contribution in [2.75, 3.05) is 27.7 Å². The minimum atomic E-state index is -0.220. The van der Waals surface area contributed by atoms with E-state index in [0.29, 0.717) is 13.1 Å². The molecule has 0 fully saturated rings. The molecule has 2 heterocycles. The van der Waals surface area contributed by atoms with Crippen molar-refractivity contribution >= 4 is 52.2 Å². The Hall–Kier alpha value is -1.72. The molecule has 3 rings (SSSR count). The number of nitrogens with one attached hydrogen (secondary N) is 2. The van der Waals surface area contributed by atoms with Crippen LogP contribution in [0.25, 0.3) is 10.9 Å². The van der Waals surface area contributed by atoms with Crippen LogP contribution in [0.4, 0.5) is 4.39 Å². The molecule has 1 aromatic carbocycles. The lowest BCUT2D eigenvalue weighted by atomic mass is 10.1. The number of methoxy groups -OCH3 is 1. The smallest absolute Gasteiger partial charge is 0.193 e. The van der Waals surface area contributed by atoms with Crippen molar-refractivity contribution in [3.05, 3.63) is 51.9 Å². The zero-order valence-electron chi connectivity index (χ0n) is 17.0. The molecule has 0 aliphatic rings. The van der Waals surface area contributed by atoms with Crippen LogP contribution in [0.2, 0.25) is 0 Å². The van der Waals surface area contributed by atoms with Crippen molar-refractivity contribution in [3.63, 3.8) is 0 Å². The lowest BCUT2D eigenvalue weighted by Crippen LogP contribution is -2.39. The Morgan fingerprint density at radius 2 is 2.24 bits per heavy atom. The number of guanidine groups is 1. The largest absolute Gasteiger partial charge is 0.375 e. The number of hydrogen-bond acceptors (Lipinski definition) is 4. The first-order chi connectivity index (χ1) is 13.5. The van der Waals surface area contributed by atoms with Crippen LogP contribution in [0.1, 0.15) is 29.3 Å². The quantitative estimate of drug-likeness (QED) is 0.271. The number of halogens is 2. The first-order valence-electron chi connectivity index (χ1n) is 9.16. The van der Waals surface area contributed by atoms with Gasteiger partial charge in [0, 0.05) is 50.2 Å². The fraction of sp³-hybridized carbons (Fsp3) is 0.400. The van der Waals surface area contributed by atoms with Gasteiger partial charge in [0.25, 0.3) is 0 Å². The van der Waals surface area contributed by atoms with Crippen molar-refractivity contribution < 1.29 is 9.13 Å². The Labute approximate surface area is 191 Å². The standard InChI is InChI=1S/C20H26FN5OS.HI/c1-13(27-4)19-25-16(12-28-19)11-26(3)20(22-2)23-8-7-14-10-24-18-6-5-15(21)9-17(14)18;/h5-6,9-10,12-13,24H,7-8,11H2,1-4H3,(H,22,23);1H. The second-order valence-corrected chi connectivity index (χ2v) is 7.53. The number of ether oxygens (including phenoxy) is 1. The van der Waals surface area contributed by atoms with Crippen molar-refractivity contribution in [1.82, 2.24) is 20.2 Å². The molecule has 2 aromatic heterocycles. The molecule has 0 amide bonds. The predicted molar refractivity (Wildman–Crippen MR) is 128 cm³/mol. The highest BCUT2D eigenvalue weighted by atomic mass is 127. The lowest BCUT2D eigenvalue weighted by Gasteiger charge is -2.21. The molecule has 0 saturated carbocycles. The van der Waals surface area contributed by atoms with Gasteiger partial charge in [-0.05, 0) is 37.1 Å². The second kappa shape index (κ2) is 10.9. The van der Waals surface area contributed by atoms with Crippen molar-refractivity contribution in [3.8, 4) is 0 Å². The van der Waals surface area contributed by atoms with E-state index in [9.17, 15) is 4.39 Å². The molecule has 1 atom stereocenters. The summed E-state index contributed by atoms with van der Waals surface area (Å²) in [6, 6.07) is 4.80. The summed E-state index contributed by atoms with van der Waals surface area (Å²) < 4.78 is 18.8. The summed E-state index contributed by atoms with van der Waals surface area (Å²) in [5.41, 5.74) is 3.02. The van der Waals surface area contributed by atoms with Crippen LogP contribution in [0.15, 0.2) is 34.8 Å². The van der Waals surface area contributed by atoms with E-state index >= 15 is 0 Å². The Kier molecular flexibility index (Phi) is 8.84. The molecule has 158 valence electrons. The molecule has 9 heteroatoms. The number of aliphatic imine (C=N–C) groups is 1. The van der Waals surface area contributed by atoms with Gasteiger partial charge >= 0.3 is 0 Å². The van der Waals surface area contributed by atoms with Crippen LogP contribution in [-0.4, -0.2) is 48.6 Å². The van der Waals surface area contributed by atoms with E-state index in [1.807, 2.05) is 25.1 Å². The number of aromatic nitrogens is 2. The Morgan fingerprint density at radius 3 is 2.97 bits per heavy atom. The van der Waals surface area contributed by atoms with E-state index in [1.54, 1.807) is 37.6 Å². The molecule has 2 N–H and O–H groups in total. The molecule has 0 aliphatic heterocycles. The van der Waals surface area contributed by atoms with E-state index < -0.39 is 0 Å². The number of nitrogens with zero attached hydrogens (tertiary/aromatic N) is 3. The average molecular weight is 531 g/mol. The zero-order chi connectivity index (χ0) is 20.1. The third-order valence-electron chi connectivity index (χ3n) is 4.65. The predicted octanol–water partition coefficient (Wildman–Crippen LogP) is 4.34. The molecule has 6 nitrogen and oxygen atoms in total. The summed E-state index contributed by atoms with van der Waals surface area (Å²) in [6.07, 6.45) is 2.71. The lowest BCUT2D eigenvalue weighted by molar-refractivity contribution is 0.119. The summed E-state index contributed by atoms with van der Waals surface area (Å²) in [6.45, 7) is 3.35. The fourth-order valence-corrected chi connectivity index (χ4v) is 3.89. The Bertz CT molecular complexity index is 957. The van der Waals surface area contributed by atoms with E-state index in [0.717, 1.165) is 39.5 Å². The summed E-state index contributed by atoms with van der Waals surface area (Å²) >= 11 is 1.60. The van der Waals surface area contributed by atoms with Gasteiger partial charge < -0.3 is 19.9 Å². The Morgan fingerprint density at radius 1 is 1.45 bits per heavy atom. The van der Waals surface area contributed by atoms with Crippen molar-refractivity contribution in [1.29, 1.82) is 0 Å². The van der Waals surface area contributed by atoms with E-state index in [1.165, 1.54) is 6.07 Å². The molecule has 0 spiro atoms. The van der Waals surface area contributed by atoms with Crippen LogP contribution in [0, 0.1) is 5.82 Å². The highest BCUT2D eigenvalue weighted by Crippen LogP contribution is 2.21. The summed E-state index contributed by atoms with van der Waals surface area (Å²) in [5.74, 6) is 0.572. The summed E-state index contributed by atoms with van der Waals surface area (Å²) in [5, 5.41) is 7.31. The molecule has 0 radical (unpaired) electrons. The SMILES string of the molecule is CN=C(NCCc1c[nH]c2ccc(F)cc12)N(C)Cc1csc(C(C)OC)n1.I. The van der Waals surface area contributed by atoms with E-state index in [2.05, 4.69) is 25.7 Å². The summed E-state index contributed by atoms with van der Waals surface area (Å²) in [4.78, 5) is 14.2. The maximum Gasteiger partial charge on any atom is 0.193 e. The zero-order valence-corrected chi connectivity index (χ0v) is 20.2. The molecule has 0 aliphatic carbocycles. The molecule has 1 unspecified atom stereocenters. The first kappa shape index (κ1) is 23.6. The van der Waals surface area contributed by atoms with Gasteiger partial charge in [-0.25, -0.2) is 9.37 Å². The number of H-pyrrole nitrogens is 1. The number of aromatic amines is 1. The van der Waals surface area contributed by atoms with E-state index in [4.69, 9.17) is 4.74 Å². The topological polar surface area (TPSA) is 65.5 Å². The Balaban J connectivity index is 0.00000300. The van der Waals surface area contributed by atoms with Crippen molar-refractivity contribution in [2.45, 2.75) is 26.0 Å².